The second-order valence-electron chi connectivity index (χ2n) is 4.21. The summed E-state index contributed by atoms with van der Waals surface area (Å²) in [5.41, 5.74) is -2.92. The molecule has 0 fully saturated rings. The van der Waals surface area contributed by atoms with Crippen molar-refractivity contribution in [2.24, 2.45) is 0 Å². The van der Waals surface area contributed by atoms with E-state index in [0.29, 0.717) is 5.56 Å². The van der Waals surface area contributed by atoms with E-state index in [9.17, 15) is 26.3 Å². The minimum Gasteiger partial charge on any atom is -0.166 e. The zero-order chi connectivity index (χ0) is 14.4. The molecule has 0 aromatic heterocycles. The van der Waals surface area contributed by atoms with Crippen LogP contribution in [0.1, 0.15) is 16.7 Å². The molecular formula is C13H8F6. The molecule has 0 aliphatic heterocycles. The van der Waals surface area contributed by atoms with Gasteiger partial charge < -0.3 is 0 Å². The maximum absolute atomic E-state index is 12.8. The van der Waals surface area contributed by atoms with Gasteiger partial charge >= 0.3 is 12.4 Å². The highest BCUT2D eigenvalue weighted by Gasteiger charge is 2.42. The summed E-state index contributed by atoms with van der Waals surface area (Å²) in [6.07, 6.45) is -9.63. The maximum Gasteiger partial charge on any atom is 0.417 e. The fraction of sp³-hybridized carbons (Fsp3) is 0.231. The largest absolute Gasteiger partial charge is 0.417 e. The molecule has 0 saturated heterocycles. The third-order valence-electron chi connectivity index (χ3n) is 2.76. The van der Waals surface area contributed by atoms with Crippen molar-refractivity contribution in [1.82, 2.24) is 0 Å². The monoisotopic (exact) mass is 278 g/mol. The Morgan fingerprint density at radius 3 is 1.79 bits per heavy atom. The number of hydrogen-bond donors (Lipinski definition) is 0. The SMILES string of the molecule is Cc1cccc2c(C(F)(F)F)cc(C(F)(F)F)c-2c1. The van der Waals surface area contributed by atoms with E-state index in [1.807, 2.05) is 0 Å². The van der Waals surface area contributed by atoms with Crippen LogP contribution >= 0.6 is 0 Å². The highest BCUT2D eigenvalue weighted by atomic mass is 19.4. The van der Waals surface area contributed by atoms with E-state index >= 15 is 0 Å². The second-order valence-corrected chi connectivity index (χ2v) is 4.21. The molecule has 0 saturated carbocycles. The van der Waals surface area contributed by atoms with Gasteiger partial charge in [0.15, 0.2) is 0 Å². The molecule has 0 unspecified atom stereocenters. The van der Waals surface area contributed by atoms with E-state index in [1.165, 1.54) is 19.1 Å². The van der Waals surface area contributed by atoms with Gasteiger partial charge in [-0.05, 0) is 24.1 Å². The Morgan fingerprint density at radius 1 is 0.737 bits per heavy atom. The molecule has 0 bridgehead atoms. The van der Waals surface area contributed by atoms with Crippen LogP contribution in [0.15, 0.2) is 30.3 Å². The van der Waals surface area contributed by atoms with Gasteiger partial charge in [-0.3, -0.25) is 0 Å². The number of alkyl halides is 6. The molecule has 6 heteroatoms. The molecule has 0 N–H and O–H groups in total. The van der Waals surface area contributed by atoms with E-state index in [-0.39, 0.29) is 6.07 Å². The van der Waals surface area contributed by atoms with Crippen molar-refractivity contribution in [3.05, 3.63) is 47.0 Å². The van der Waals surface area contributed by atoms with Gasteiger partial charge in [-0.15, -0.1) is 0 Å². The molecule has 0 atom stereocenters. The topological polar surface area (TPSA) is 0 Å². The summed E-state index contributed by atoms with van der Waals surface area (Å²) in [6.45, 7) is 1.53. The predicted molar refractivity (Wildman–Crippen MR) is 57.8 cm³/mol. The van der Waals surface area contributed by atoms with E-state index in [0.717, 1.165) is 12.1 Å². The summed E-state index contributed by atoms with van der Waals surface area (Å²) in [5, 5.41) is 0. The van der Waals surface area contributed by atoms with Crippen LogP contribution in [0, 0.1) is 6.92 Å². The van der Waals surface area contributed by atoms with Crippen molar-refractivity contribution in [3.63, 3.8) is 0 Å². The number of aryl methyl sites for hydroxylation is 1. The van der Waals surface area contributed by atoms with Gasteiger partial charge in [-0.2, -0.15) is 26.3 Å². The lowest BCUT2D eigenvalue weighted by Crippen LogP contribution is -2.05. The molecule has 0 aromatic carbocycles. The Morgan fingerprint density at radius 2 is 1.26 bits per heavy atom. The molecule has 19 heavy (non-hydrogen) atoms. The standard InChI is InChI=1S/C13H8F6/c1-7-3-2-4-8-9(5-7)11(13(17,18)19)6-10(8)12(14,15)16/h2-6H,1H3. The molecule has 2 aliphatic rings. The molecule has 102 valence electrons. The Balaban J connectivity index is 2.82. The summed E-state index contributed by atoms with van der Waals surface area (Å²) in [5.74, 6) is 0. The maximum atomic E-state index is 12.8. The number of rotatable bonds is 0. The van der Waals surface area contributed by atoms with Crippen LogP contribution < -0.4 is 0 Å². The Hall–Kier alpha value is -1.72. The van der Waals surface area contributed by atoms with Crippen molar-refractivity contribution in [3.8, 4) is 11.1 Å². The smallest absolute Gasteiger partial charge is 0.166 e. The predicted octanol–water partition coefficient (Wildman–Crippen LogP) is 5.14. The van der Waals surface area contributed by atoms with Crippen LogP contribution in [-0.4, -0.2) is 0 Å². The number of fused-ring (bicyclic) bond motifs is 1. The second kappa shape index (κ2) is 4.15. The highest BCUT2D eigenvalue weighted by molar-refractivity contribution is 5.76. The van der Waals surface area contributed by atoms with Crippen molar-refractivity contribution < 1.29 is 26.3 Å². The zero-order valence-electron chi connectivity index (χ0n) is 9.65. The highest BCUT2D eigenvalue weighted by Crippen LogP contribution is 2.47. The van der Waals surface area contributed by atoms with Gasteiger partial charge in [0, 0.05) is 0 Å². The minimum atomic E-state index is -4.82. The first-order valence-corrected chi connectivity index (χ1v) is 5.28. The van der Waals surface area contributed by atoms with E-state index in [1.54, 1.807) is 0 Å². The summed E-state index contributed by atoms with van der Waals surface area (Å²) in [4.78, 5) is 0. The Labute approximate surface area is 105 Å². The van der Waals surface area contributed by atoms with Gasteiger partial charge in [0.25, 0.3) is 0 Å². The van der Waals surface area contributed by atoms with Crippen LogP contribution in [0.5, 0.6) is 0 Å². The molecule has 0 nitrogen and oxygen atoms in total. The van der Waals surface area contributed by atoms with E-state index in [2.05, 4.69) is 0 Å². The van der Waals surface area contributed by atoms with Crippen molar-refractivity contribution >= 4 is 0 Å². The molecule has 0 heterocycles. The quantitative estimate of drug-likeness (QED) is 0.585. The third-order valence-corrected chi connectivity index (χ3v) is 2.76. The number of halogens is 6. The molecule has 0 radical (unpaired) electrons. The van der Waals surface area contributed by atoms with Gasteiger partial charge in [-0.1, -0.05) is 29.8 Å². The van der Waals surface area contributed by atoms with Crippen LogP contribution in [0.2, 0.25) is 0 Å². The summed E-state index contributed by atoms with van der Waals surface area (Å²) in [6, 6.07) is 5.12. The third kappa shape index (κ3) is 2.52. The average molecular weight is 278 g/mol. The number of hydrogen-bond acceptors (Lipinski definition) is 0. The molecule has 2 rings (SSSR count). The molecular weight excluding hydrogens is 270 g/mol. The first-order valence-electron chi connectivity index (χ1n) is 5.28. The molecule has 0 aromatic rings. The lowest BCUT2D eigenvalue weighted by molar-refractivity contribution is -0.140. The van der Waals surface area contributed by atoms with Crippen molar-refractivity contribution in [2.45, 2.75) is 19.3 Å². The van der Waals surface area contributed by atoms with Crippen LogP contribution in [0.3, 0.4) is 0 Å². The normalized spacial score (nSPS) is 13.0. The summed E-state index contributed by atoms with van der Waals surface area (Å²) in [7, 11) is 0. The minimum absolute atomic E-state index is 0.171. The molecule has 0 amide bonds. The average Bonchev–Trinajstić information content (AvgIpc) is 2.47. The van der Waals surface area contributed by atoms with Crippen LogP contribution in [-0.2, 0) is 12.4 Å². The van der Waals surface area contributed by atoms with Gasteiger partial charge in [0.1, 0.15) is 0 Å². The van der Waals surface area contributed by atoms with Crippen molar-refractivity contribution in [2.75, 3.05) is 0 Å². The van der Waals surface area contributed by atoms with Gasteiger partial charge in [0.05, 0.1) is 11.1 Å². The Bertz CT molecular complexity index is 579. The Kier molecular flexibility index (Phi) is 2.99. The lowest BCUT2D eigenvalue weighted by atomic mass is 10.1. The molecule has 0 spiro atoms. The van der Waals surface area contributed by atoms with Crippen LogP contribution in [0.25, 0.3) is 11.1 Å². The van der Waals surface area contributed by atoms with Crippen LogP contribution in [0.4, 0.5) is 26.3 Å². The fourth-order valence-electron chi connectivity index (χ4n) is 1.97. The first kappa shape index (κ1) is 13.7. The van der Waals surface area contributed by atoms with E-state index in [4.69, 9.17) is 0 Å². The lowest BCUT2D eigenvalue weighted by Gasteiger charge is -2.07. The summed E-state index contributed by atoms with van der Waals surface area (Å²) < 4.78 is 76.7. The summed E-state index contributed by atoms with van der Waals surface area (Å²) >= 11 is 0. The first-order chi connectivity index (χ1) is 8.60. The molecule has 2 aliphatic carbocycles. The van der Waals surface area contributed by atoms with Gasteiger partial charge in [0.2, 0.25) is 0 Å². The fourth-order valence-corrected chi connectivity index (χ4v) is 1.97. The van der Waals surface area contributed by atoms with Gasteiger partial charge in [-0.25, -0.2) is 0 Å². The van der Waals surface area contributed by atoms with Crippen molar-refractivity contribution in [1.29, 1.82) is 0 Å². The zero-order valence-corrected chi connectivity index (χ0v) is 9.65. The van der Waals surface area contributed by atoms with E-state index < -0.39 is 34.6 Å².